The second-order valence-corrected chi connectivity index (χ2v) is 6.88. The van der Waals surface area contributed by atoms with Crippen LogP contribution in [0.5, 0.6) is 5.75 Å². The van der Waals surface area contributed by atoms with Crippen LogP contribution in [0.3, 0.4) is 0 Å². The van der Waals surface area contributed by atoms with Crippen molar-refractivity contribution < 1.29 is 14.3 Å². The summed E-state index contributed by atoms with van der Waals surface area (Å²) in [5, 5.41) is 0.763. The number of benzene rings is 2. The zero-order valence-corrected chi connectivity index (χ0v) is 16.1. The van der Waals surface area contributed by atoms with Crippen LogP contribution in [-0.4, -0.2) is 17.9 Å². The maximum Gasteiger partial charge on any atom is 0.279 e. The van der Waals surface area contributed by atoms with Gasteiger partial charge < -0.3 is 4.74 Å². The summed E-state index contributed by atoms with van der Waals surface area (Å²) in [4.78, 5) is 24.0. The average molecular weight is 479 g/mol. The third kappa shape index (κ3) is 5.25. The van der Waals surface area contributed by atoms with Crippen LogP contribution in [0.4, 0.5) is 0 Å². The molecule has 5 nitrogen and oxygen atoms in total. The van der Waals surface area contributed by atoms with E-state index in [4.69, 9.17) is 27.9 Å². The van der Waals surface area contributed by atoms with Gasteiger partial charge in [-0.2, -0.15) is 0 Å². The van der Waals surface area contributed by atoms with Crippen molar-refractivity contribution in [3.8, 4) is 5.75 Å². The molecule has 0 saturated heterocycles. The fourth-order valence-electron chi connectivity index (χ4n) is 1.74. The predicted octanol–water partition coefficient (Wildman–Crippen LogP) is 3.83. The fraction of sp³-hybridized carbons (Fsp3) is 0.125. The highest BCUT2D eigenvalue weighted by Crippen LogP contribution is 2.28. The van der Waals surface area contributed by atoms with E-state index in [9.17, 15) is 9.59 Å². The Morgan fingerprint density at radius 1 is 1.12 bits per heavy atom. The number of carbonyl (C=O) groups is 2. The zero-order valence-electron chi connectivity index (χ0n) is 12.5. The van der Waals surface area contributed by atoms with Crippen LogP contribution < -0.4 is 15.6 Å². The van der Waals surface area contributed by atoms with E-state index in [1.807, 2.05) is 6.07 Å². The quantitative estimate of drug-likeness (QED) is 0.518. The smallest absolute Gasteiger partial charge is 0.279 e. The Bertz CT molecular complexity index is 771. The normalized spacial score (nSPS) is 11.5. The van der Waals surface area contributed by atoms with E-state index in [0.717, 1.165) is 3.57 Å². The van der Waals surface area contributed by atoms with Crippen molar-refractivity contribution >= 4 is 57.6 Å². The van der Waals surface area contributed by atoms with Crippen molar-refractivity contribution in [1.82, 2.24) is 10.9 Å². The van der Waals surface area contributed by atoms with Crippen LogP contribution in [0.2, 0.25) is 10.0 Å². The molecular weight excluding hydrogens is 466 g/mol. The highest BCUT2D eigenvalue weighted by Gasteiger charge is 2.17. The van der Waals surface area contributed by atoms with Gasteiger partial charge in [-0.1, -0.05) is 29.3 Å². The molecule has 0 aliphatic heterocycles. The van der Waals surface area contributed by atoms with E-state index in [-0.39, 0.29) is 0 Å². The Morgan fingerprint density at radius 3 is 2.54 bits per heavy atom. The van der Waals surface area contributed by atoms with Crippen molar-refractivity contribution in [3.63, 3.8) is 0 Å². The second-order valence-electron chi connectivity index (χ2n) is 4.79. The van der Waals surface area contributed by atoms with Crippen molar-refractivity contribution in [2.45, 2.75) is 13.0 Å². The Hall–Kier alpha value is -1.51. The standard InChI is InChI=1S/C16H13Cl2IN2O3/c1-9(24-14-6-5-11(17)8-13(14)18)15(22)20-21-16(23)10-3-2-4-12(19)7-10/h2-9H,1H3,(H,20,22)(H,21,23)/t9-/m1/s1. The summed E-state index contributed by atoms with van der Waals surface area (Å²) < 4.78 is 6.38. The van der Waals surface area contributed by atoms with Gasteiger partial charge in [0.25, 0.3) is 11.8 Å². The van der Waals surface area contributed by atoms with Gasteiger partial charge in [-0.05, 0) is 65.9 Å². The topological polar surface area (TPSA) is 67.4 Å². The minimum atomic E-state index is -0.861. The van der Waals surface area contributed by atoms with E-state index in [2.05, 4.69) is 33.4 Å². The molecule has 8 heteroatoms. The fourth-order valence-corrected chi connectivity index (χ4v) is 2.73. The van der Waals surface area contributed by atoms with Gasteiger partial charge in [0.2, 0.25) is 0 Å². The first-order valence-corrected chi connectivity index (χ1v) is 8.68. The number of hydrazine groups is 1. The Balaban J connectivity index is 1.90. The molecule has 0 radical (unpaired) electrons. The Labute approximate surface area is 162 Å². The summed E-state index contributed by atoms with van der Waals surface area (Å²) in [6, 6.07) is 11.7. The van der Waals surface area contributed by atoms with Gasteiger partial charge in [-0.25, -0.2) is 0 Å². The number of nitrogens with one attached hydrogen (secondary N) is 2. The summed E-state index contributed by atoms with van der Waals surface area (Å²) in [6.45, 7) is 1.54. The average Bonchev–Trinajstić information content (AvgIpc) is 2.54. The first-order valence-electron chi connectivity index (χ1n) is 6.84. The SMILES string of the molecule is C[C@@H](Oc1ccc(Cl)cc1Cl)C(=O)NNC(=O)c1cccc(I)c1. The van der Waals surface area contributed by atoms with E-state index in [1.165, 1.54) is 13.0 Å². The third-order valence-corrected chi connectivity index (χ3v) is 4.15. The van der Waals surface area contributed by atoms with Gasteiger partial charge in [0.1, 0.15) is 5.75 Å². The van der Waals surface area contributed by atoms with Crippen LogP contribution in [0.15, 0.2) is 42.5 Å². The lowest BCUT2D eigenvalue weighted by atomic mass is 10.2. The lowest BCUT2D eigenvalue weighted by Gasteiger charge is -2.16. The molecule has 0 unspecified atom stereocenters. The highest BCUT2D eigenvalue weighted by molar-refractivity contribution is 14.1. The van der Waals surface area contributed by atoms with Gasteiger partial charge in [-0.15, -0.1) is 0 Å². The minimum absolute atomic E-state index is 0.296. The lowest BCUT2D eigenvalue weighted by molar-refractivity contribution is -0.128. The Kier molecular flexibility index (Phi) is 6.70. The van der Waals surface area contributed by atoms with Crippen molar-refractivity contribution in [1.29, 1.82) is 0 Å². The number of amides is 2. The van der Waals surface area contributed by atoms with Crippen LogP contribution in [0.25, 0.3) is 0 Å². The molecule has 0 spiro atoms. The van der Waals surface area contributed by atoms with Gasteiger partial charge in [-0.3, -0.25) is 20.4 Å². The van der Waals surface area contributed by atoms with E-state index in [1.54, 1.807) is 30.3 Å². The molecular formula is C16H13Cl2IN2O3. The maximum atomic E-state index is 12.0. The highest BCUT2D eigenvalue weighted by atomic mass is 127. The number of rotatable bonds is 4. The van der Waals surface area contributed by atoms with E-state index >= 15 is 0 Å². The molecule has 2 aromatic carbocycles. The Morgan fingerprint density at radius 2 is 1.88 bits per heavy atom. The molecule has 126 valence electrons. The number of hydrogen-bond donors (Lipinski definition) is 2. The van der Waals surface area contributed by atoms with Crippen LogP contribution in [-0.2, 0) is 4.79 Å². The van der Waals surface area contributed by atoms with Gasteiger partial charge >= 0.3 is 0 Å². The molecule has 0 saturated carbocycles. The van der Waals surface area contributed by atoms with Crippen molar-refractivity contribution in [2.75, 3.05) is 0 Å². The minimum Gasteiger partial charge on any atom is -0.479 e. The molecule has 1 atom stereocenters. The molecule has 2 N–H and O–H groups in total. The molecule has 24 heavy (non-hydrogen) atoms. The summed E-state index contributed by atoms with van der Waals surface area (Å²) >= 11 is 13.9. The van der Waals surface area contributed by atoms with Crippen LogP contribution in [0, 0.1) is 3.57 Å². The molecule has 0 bridgehead atoms. The number of ether oxygens (including phenoxy) is 1. The van der Waals surface area contributed by atoms with Crippen molar-refractivity contribution in [3.05, 3.63) is 61.6 Å². The number of carbonyl (C=O) groups excluding carboxylic acids is 2. The largest absolute Gasteiger partial charge is 0.479 e. The maximum absolute atomic E-state index is 12.0. The third-order valence-electron chi connectivity index (χ3n) is 2.95. The molecule has 2 rings (SSSR count). The van der Waals surface area contributed by atoms with E-state index in [0.29, 0.717) is 21.4 Å². The summed E-state index contributed by atoms with van der Waals surface area (Å²) in [5.41, 5.74) is 5.10. The predicted molar refractivity (Wildman–Crippen MR) is 101 cm³/mol. The molecule has 2 aromatic rings. The van der Waals surface area contributed by atoms with Crippen LogP contribution >= 0.6 is 45.8 Å². The molecule has 0 aromatic heterocycles. The zero-order chi connectivity index (χ0) is 17.7. The summed E-state index contributed by atoms with van der Waals surface area (Å²) in [6.07, 6.45) is -0.861. The second kappa shape index (κ2) is 8.55. The summed E-state index contributed by atoms with van der Waals surface area (Å²) in [5.74, 6) is -0.605. The molecule has 0 aliphatic rings. The first kappa shape index (κ1) is 18.8. The molecule has 2 amide bonds. The molecule has 0 aliphatic carbocycles. The summed E-state index contributed by atoms with van der Waals surface area (Å²) in [7, 11) is 0. The molecule has 0 fully saturated rings. The number of hydrogen-bond acceptors (Lipinski definition) is 3. The van der Waals surface area contributed by atoms with Crippen LogP contribution in [0.1, 0.15) is 17.3 Å². The first-order chi connectivity index (χ1) is 11.4. The van der Waals surface area contributed by atoms with Gasteiger partial charge in [0.05, 0.1) is 5.02 Å². The number of halogens is 3. The van der Waals surface area contributed by atoms with Crippen molar-refractivity contribution in [2.24, 2.45) is 0 Å². The van der Waals surface area contributed by atoms with Gasteiger partial charge in [0, 0.05) is 14.2 Å². The lowest BCUT2D eigenvalue weighted by Crippen LogP contribution is -2.47. The van der Waals surface area contributed by atoms with E-state index < -0.39 is 17.9 Å². The monoisotopic (exact) mass is 478 g/mol. The van der Waals surface area contributed by atoms with Gasteiger partial charge in [0.15, 0.2) is 6.10 Å². The molecule has 0 heterocycles.